The lowest BCUT2D eigenvalue weighted by atomic mass is 10.1. The summed E-state index contributed by atoms with van der Waals surface area (Å²) in [5, 5.41) is 3.30. The van der Waals surface area contributed by atoms with Crippen molar-refractivity contribution < 1.29 is 0 Å². The summed E-state index contributed by atoms with van der Waals surface area (Å²) in [6, 6.07) is 9.64. The van der Waals surface area contributed by atoms with Crippen molar-refractivity contribution in [2.24, 2.45) is 7.05 Å². The van der Waals surface area contributed by atoms with E-state index in [-0.39, 0.29) is 5.56 Å². The molecule has 0 saturated heterocycles. The third-order valence-corrected chi connectivity index (χ3v) is 3.67. The normalized spacial score (nSPS) is 10.4. The molecule has 2 rings (SSSR count). The highest BCUT2D eigenvalue weighted by molar-refractivity contribution is 9.10. The predicted molar refractivity (Wildman–Crippen MR) is 77.9 cm³/mol. The molecule has 0 atom stereocenters. The first-order valence-corrected chi connectivity index (χ1v) is 6.51. The molecule has 0 aliphatic rings. The second-order valence-corrected chi connectivity index (χ2v) is 5.16. The Morgan fingerprint density at radius 3 is 2.72 bits per heavy atom. The molecule has 0 unspecified atom stereocenters. The molecule has 1 heterocycles. The van der Waals surface area contributed by atoms with Gasteiger partial charge >= 0.3 is 0 Å². The Morgan fingerprint density at radius 2 is 2.06 bits per heavy atom. The quantitative estimate of drug-likeness (QED) is 0.945. The summed E-state index contributed by atoms with van der Waals surface area (Å²) < 4.78 is 2.68. The highest BCUT2D eigenvalue weighted by Crippen LogP contribution is 2.18. The average molecular weight is 307 g/mol. The minimum Gasteiger partial charge on any atom is -0.380 e. The number of pyridine rings is 1. The van der Waals surface area contributed by atoms with Gasteiger partial charge in [0.1, 0.15) is 0 Å². The summed E-state index contributed by atoms with van der Waals surface area (Å²) in [5.74, 6) is 0. The number of halogens is 1. The van der Waals surface area contributed by atoms with Crippen LogP contribution in [0.3, 0.4) is 0 Å². The molecule has 0 spiro atoms. The minimum absolute atomic E-state index is 0.00127. The highest BCUT2D eigenvalue weighted by atomic mass is 79.9. The maximum absolute atomic E-state index is 11.3. The van der Waals surface area contributed by atoms with Crippen LogP contribution in [-0.4, -0.2) is 4.57 Å². The maximum Gasteiger partial charge on any atom is 0.250 e. The molecule has 94 valence electrons. The molecule has 18 heavy (non-hydrogen) atoms. The molecule has 0 bridgehead atoms. The van der Waals surface area contributed by atoms with Crippen LogP contribution in [0.5, 0.6) is 0 Å². The van der Waals surface area contributed by atoms with Crippen LogP contribution < -0.4 is 10.9 Å². The van der Waals surface area contributed by atoms with Gasteiger partial charge in [0.15, 0.2) is 0 Å². The van der Waals surface area contributed by atoms with Crippen molar-refractivity contribution in [3.63, 3.8) is 0 Å². The van der Waals surface area contributed by atoms with Crippen molar-refractivity contribution in [3.8, 4) is 0 Å². The van der Waals surface area contributed by atoms with Gasteiger partial charge in [-0.1, -0.05) is 28.1 Å². The van der Waals surface area contributed by atoms with E-state index in [0.717, 1.165) is 16.7 Å². The SMILES string of the molecule is Cc1ccc(CNc2ccc(=O)n(C)c2)cc1Br. The van der Waals surface area contributed by atoms with Gasteiger partial charge in [-0.15, -0.1) is 0 Å². The third kappa shape index (κ3) is 3.01. The van der Waals surface area contributed by atoms with Crippen LogP contribution in [0.1, 0.15) is 11.1 Å². The number of anilines is 1. The second kappa shape index (κ2) is 5.40. The molecule has 1 aromatic carbocycles. The monoisotopic (exact) mass is 306 g/mol. The van der Waals surface area contributed by atoms with E-state index >= 15 is 0 Å². The Morgan fingerprint density at radius 1 is 1.28 bits per heavy atom. The average Bonchev–Trinajstić information content (AvgIpc) is 2.35. The van der Waals surface area contributed by atoms with Crippen molar-refractivity contribution in [3.05, 3.63) is 62.5 Å². The molecule has 0 amide bonds. The molecule has 2 aromatic rings. The van der Waals surface area contributed by atoms with Crippen molar-refractivity contribution in [2.75, 3.05) is 5.32 Å². The maximum atomic E-state index is 11.3. The van der Waals surface area contributed by atoms with E-state index in [1.54, 1.807) is 29.9 Å². The first-order valence-electron chi connectivity index (χ1n) is 5.72. The summed E-state index contributed by atoms with van der Waals surface area (Å²) in [4.78, 5) is 11.3. The lowest BCUT2D eigenvalue weighted by Gasteiger charge is -2.08. The first kappa shape index (κ1) is 12.9. The predicted octanol–water partition coefficient (Wildman–Crippen LogP) is 3.07. The van der Waals surface area contributed by atoms with E-state index in [4.69, 9.17) is 0 Å². The smallest absolute Gasteiger partial charge is 0.250 e. The van der Waals surface area contributed by atoms with Crippen LogP contribution in [0.15, 0.2) is 45.8 Å². The minimum atomic E-state index is -0.00127. The molecule has 4 heteroatoms. The number of hydrogen-bond donors (Lipinski definition) is 1. The number of benzene rings is 1. The molecule has 3 nitrogen and oxygen atoms in total. The molecule has 0 saturated carbocycles. The fraction of sp³-hybridized carbons (Fsp3) is 0.214. The van der Waals surface area contributed by atoms with Crippen LogP contribution in [-0.2, 0) is 13.6 Å². The zero-order chi connectivity index (χ0) is 13.1. The van der Waals surface area contributed by atoms with E-state index in [0.29, 0.717) is 0 Å². The summed E-state index contributed by atoms with van der Waals surface area (Å²) in [5.41, 5.74) is 3.36. The van der Waals surface area contributed by atoms with E-state index in [1.807, 2.05) is 0 Å². The fourth-order valence-electron chi connectivity index (χ4n) is 1.65. The van der Waals surface area contributed by atoms with Crippen LogP contribution in [0.2, 0.25) is 0 Å². The van der Waals surface area contributed by atoms with Crippen molar-refractivity contribution in [1.29, 1.82) is 0 Å². The van der Waals surface area contributed by atoms with Gasteiger partial charge < -0.3 is 9.88 Å². The number of aryl methyl sites for hydroxylation is 2. The van der Waals surface area contributed by atoms with Gasteiger partial charge in [0, 0.05) is 30.3 Å². The summed E-state index contributed by atoms with van der Waals surface area (Å²) in [6.45, 7) is 2.80. The Kier molecular flexibility index (Phi) is 3.87. The van der Waals surface area contributed by atoms with Gasteiger partial charge in [-0.25, -0.2) is 0 Å². The van der Waals surface area contributed by atoms with Crippen molar-refractivity contribution >= 4 is 21.6 Å². The van der Waals surface area contributed by atoms with E-state index in [1.165, 1.54) is 11.1 Å². The molecular formula is C14H15BrN2O. The Balaban J connectivity index is 2.09. The Hall–Kier alpha value is -1.55. The van der Waals surface area contributed by atoms with Crippen LogP contribution in [0.25, 0.3) is 0 Å². The molecular weight excluding hydrogens is 292 g/mol. The van der Waals surface area contributed by atoms with E-state index in [2.05, 4.69) is 46.4 Å². The van der Waals surface area contributed by atoms with Gasteiger partial charge in [0.25, 0.3) is 0 Å². The summed E-state index contributed by atoms with van der Waals surface area (Å²) in [7, 11) is 1.75. The zero-order valence-electron chi connectivity index (χ0n) is 10.4. The van der Waals surface area contributed by atoms with Gasteiger partial charge in [0.2, 0.25) is 5.56 Å². The standard InChI is InChI=1S/C14H15BrN2O/c1-10-3-4-11(7-13(10)15)8-16-12-5-6-14(18)17(2)9-12/h3-7,9,16H,8H2,1-2H3. The molecule has 0 aliphatic heterocycles. The fourth-order valence-corrected chi connectivity index (χ4v) is 2.08. The first-order chi connectivity index (χ1) is 8.56. The lowest BCUT2D eigenvalue weighted by Crippen LogP contribution is -2.15. The number of nitrogens with zero attached hydrogens (tertiary/aromatic N) is 1. The Labute approximate surface area is 115 Å². The summed E-state index contributed by atoms with van der Waals surface area (Å²) >= 11 is 3.52. The lowest BCUT2D eigenvalue weighted by molar-refractivity contribution is 0.859. The Bertz CT molecular complexity index is 619. The molecule has 0 aliphatic carbocycles. The topological polar surface area (TPSA) is 34.0 Å². The highest BCUT2D eigenvalue weighted by Gasteiger charge is 1.99. The molecule has 1 aromatic heterocycles. The second-order valence-electron chi connectivity index (χ2n) is 4.30. The number of hydrogen-bond acceptors (Lipinski definition) is 2. The third-order valence-electron chi connectivity index (χ3n) is 2.82. The molecule has 0 fully saturated rings. The van der Waals surface area contributed by atoms with E-state index < -0.39 is 0 Å². The van der Waals surface area contributed by atoms with Crippen molar-refractivity contribution in [2.45, 2.75) is 13.5 Å². The van der Waals surface area contributed by atoms with Crippen molar-refractivity contribution in [1.82, 2.24) is 4.57 Å². The molecule has 1 N–H and O–H groups in total. The largest absolute Gasteiger partial charge is 0.380 e. The van der Waals surface area contributed by atoms with Gasteiger partial charge in [-0.3, -0.25) is 4.79 Å². The van der Waals surface area contributed by atoms with E-state index in [9.17, 15) is 4.79 Å². The van der Waals surface area contributed by atoms with Gasteiger partial charge in [-0.2, -0.15) is 0 Å². The number of rotatable bonds is 3. The van der Waals surface area contributed by atoms with Crippen LogP contribution >= 0.6 is 15.9 Å². The number of nitrogens with one attached hydrogen (secondary N) is 1. The van der Waals surface area contributed by atoms with Crippen LogP contribution in [0.4, 0.5) is 5.69 Å². The number of aromatic nitrogens is 1. The summed E-state index contributed by atoms with van der Waals surface area (Å²) in [6.07, 6.45) is 1.80. The zero-order valence-corrected chi connectivity index (χ0v) is 12.0. The van der Waals surface area contributed by atoms with Gasteiger partial charge in [-0.05, 0) is 30.2 Å². The molecule has 0 radical (unpaired) electrons. The van der Waals surface area contributed by atoms with Gasteiger partial charge in [0.05, 0.1) is 5.69 Å². The van der Waals surface area contributed by atoms with Crippen LogP contribution in [0, 0.1) is 6.92 Å².